The summed E-state index contributed by atoms with van der Waals surface area (Å²) in [5.41, 5.74) is 1.80. The van der Waals surface area contributed by atoms with Gasteiger partial charge in [-0.25, -0.2) is 0 Å². The van der Waals surface area contributed by atoms with Crippen LogP contribution in [-0.2, 0) is 0 Å². The molecule has 1 aromatic heterocycles. The van der Waals surface area contributed by atoms with Crippen LogP contribution in [0.5, 0.6) is 17.2 Å². The monoisotopic (exact) mass is 547 g/mol. The summed E-state index contributed by atoms with van der Waals surface area (Å²) >= 11 is 6.18. The molecule has 4 aromatic rings. The Bertz CT molecular complexity index is 1560. The van der Waals surface area contributed by atoms with E-state index in [1.54, 1.807) is 42.6 Å². The number of amides is 1. The van der Waals surface area contributed by atoms with Crippen molar-refractivity contribution in [2.75, 3.05) is 51.9 Å². The number of pyridine rings is 1. The zero-order valence-electron chi connectivity index (χ0n) is 22.1. The number of aromatic nitrogens is 1. The summed E-state index contributed by atoms with van der Waals surface area (Å²) in [6.45, 7) is 4.85. The summed E-state index contributed by atoms with van der Waals surface area (Å²) in [5, 5.41) is 1.56. The normalized spacial score (nSPS) is 13.4. The molecule has 39 heavy (non-hydrogen) atoms. The smallest absolute Gasteiger partial charge is 0.263 e. The first-order valence-corrected chi connectivity index (χ1v) is 13.2. The maximum absolute atomic E-state index is 14.0. The molecule has 202 valence electrons. The van der Waals surface area contributed by atoms with Gasteiger partial charge in [0, 0.05) is 54.2 Å². The largest absolute Gasteiger partial charge is 0.494 e. The van der Waals surface area contributed by atoms with Crippen LogP contribution in [0.1, 0.15) is 17.3 Å². The predicted octanol–water partition coefficient (Wildman–Crippen LogP) is 5.02. The Morgan fingerprint density at radius 1 is 0.872 bits per heavy atom. The molecule has 1 saturated heterocycles. The second-order valence-electron chi connectivity index (χ2n) is 9.16. The van der Waals surface area contributed by atoms with E-state index in [0.29, 0.717) is 77.1 Å². The van der Waals surface area contributed by atoms with Crippen LogP contribution in [0.2, 0.25) is 5.02 Å². The van der Waals surface area contributed by atoms with Gasteiger partial charge >= 0.3 is 0 Å². The lowest BCUT2D eigenvalue weighted by atomic mass is 10.0. The van der Waals surface area contributed by atoms with Gasteiger partial charge < -0.3 is 24.0 Å². The highest BCUT2D eigenvalue weighted by Crippen LogP contribution is 2.33. The number of halogens is 1. The Labute approximate surface area is 231 Å². The minimum absolute atomic E-state index is 0.155. The fraction of sp³-hybridized carbons (Fsp3) is 0.267. The summed E-state index contributed by atoms with van der Waals surface area (Å²) in [6, 6.07) is 18.3. The molecule has 0 radical (unpaired) electrons. The van der Waals surface area contributed by atoms with Crippen molar-refractivity contribution in [2.24, 2.45) is 0 Å². The fourth-order valence-electron chi connectivity index (χ4n) is 4.91. The van der Waals surface area contributed by atoms with E-state index in [2.05, 4.69) is 4.90 Å². The molecule has 2 heterocycles. The first-order chi connectivity index (χ1) is 18.9. The Kier molecular flexibility index (Phi) is 7.65. The van der Waals surface area contributed by atoms with Crippen molar-refractivity contribution >= 4 is 34.0 Å². The average Bonchev–Trinajstić information content (AvgIpc) is 2.97. The molecule has 3 aromatic carbocycles. The van der Waals surface area contributed by atoms with Crippen LogP contribution in [0, 0.1) is 0 Å². The highest BCUT2D eigenvalue weighted by molar-refractivity contribution is 6.30. The van der Waals surface area contributed by atoms with Gasteiger partial charge in [-0.05, 0) is 61.5 Å². The minimum Gasteiger partial charge on any atom is -0.494 e. The van der Waals surface area contributed by atoms with E-state index in [9.17, 15) is 9.59 Å². The van der Waals surface area contributed by atoms with Crippen LogP contribution in [-0.4, -0.2) is 62.4 Å². The molecular formula is C30H30ClN3O5. The van der Waals surface area contributed by atoms with Crippen molar-refractivity contribution in [1.29, 1.82) is 0 Å². The van der Waals surface area contributed by atoms with Crippen LogP contribution in [0.3, 0.4) is 0 Å². The molecule has 5 rings (SSSR count). The van der Waals surface area contributed by atoms with Crippen molar-refractivity contribution in [3.05, 3.63) is 87.8 Å². The number of benzene rings is 3. The number of ether oxygens (including phenoxy) is 3. The summed E-state index contributed by atoms with van der Waals surface area (Å²) < 4.78 is 18.0. The molecule has 1 amide bonds. The summed E-state index contributed by atoms with van der Waals surface area (Å²) in [6.07, 6.45) is 1.62. The molecule has 0 atom stereocenters. The lowest BCUT2D eigenvalue weighted by Gasteiger charge is -2.36. The number of carbonyl (C=O) groups is 1. The van der Waals surface area contributed by atoms with Gasteiger partial charge in [0.15, 0.2) is 11.5 Å². The Morgan fingerprint density at radius 3 is 2.15 bits per heavy atom. The number of carbonyl (C=O) groups excluding carboxylic acids is 1. The van der Waals surface area contributed by atoms with Gasteiger partial charge in [0.1, 0.15) is 5.75 Å². The number of methoxy groups -OCH3 is 2. The van der Waals surface area contributed by atoms with Gasteiger partial charge in [-0.1, -0.05) is 17.7 Å². The standard InChI is InChI=1S/C30H30ClN3O5/c1-4-39-23-10-8-21(9-11-23)34-19-26(24-17-27(37-2)28(38-3)18-25(24)30(34)36)29(35)33-14-12-32(13-15-33)22-7-5-6-20(31)16-22/h5-11,16-19H,4,12-15H2,1-3H3. The molecule has 1 fully saturated rings. The topological polar surface area (TPSA) is 73.2 Å². The molecule has 0 unspecified atom stereocenters. The average molecular weight is 548 g/mol. The first-order valence-electron chi connectivity index (χ1n) is 12.8. The Morgan fingerprint density at radius 2 is 1.54 bits per heavy atom. The second kappa shape index (κ2) is 11.3. The zero-order chi connectivity index (χ0) is 27.5. The summed E-state index contributed by atoms with van der Waals surface area (Å²) in [4.78, 5) is 31.7. The quantitative estimate of drug-likeness (QED) is 0.323. The van der Waals surface area contributed by atoms with Gasteiger partial charge in [0.25, 0.3) is 11.5 Å². The fourth-order valence-corrected chi connectivity index (χ4v) is 5.09. The zero-order valence-corrected chi connectivity index (χ0v) is 22.9. The highest BCUT2D eigenvalue weighted by Gasteiger charge is 2.26. The molecular weight excluding hydrogens is 518 g/mol. The van der Waals surface area contributed by atoms with Crippen LogP contribution >= 0.6 is 11.6 Å². The van der Waals surface area contributed by atoms with Crippen molar-refractivity contribution in [3.63, 3.8) is 0 Å². The number of hydrogen-bond acceptors (Lipinski definition) is 6. The van der Waals surface area contributed by atoms with Crippen molar-refractivity contribution in [1.82, 2.24) is 9.47 Å². The van der Waals surface area contributed by atoms with Gasteiger partial charge in [0.05, 0.1) is 31.8 Å². The maximum atomic E-state index is 14.0. The number of nitrogens with zero attached hydrogens (tertiary/aromatic N) is 3. The molecule has 9 heteroatoms. The van der Waals surface area contributed by atoms with Crippen LogP contribution < -0.4 is 24.7 Å². The second-order valence-corrected chi connectivity index (χ2v) is 9.59. The maximum Gasteiger partial charge on any atom is 0.263 e. The Balaban J connectivity index is 1.55. The van der Waals surface area contributed by atoms with Crippen molar-refractivity contribution in [2.45, 2.75) is 6.92 Å². The van der Waals surface area contributed by atoms with E-state index < -0.39 is 0 Å². The number of anilines is 1. The van der Waals surface area contributed by atoms with Crippen molar-refractivity contribution < 1.29 is 19.0 Å². The van der Waals surface area contributed by atoms with Gasteiger partial charge in [0.2, 0.25) is 0 Å². The molecule has 0 aliphatic carbocycles. The molecule has 1 aliphatic heterocycles. The minimum atomic E-state index is -0.266. The molecule has 1 aliphatic rings. The van der Waals surface area contributed by atoms with E-state index in [-0.39, 0.29) is 11.5 Å². The summed E-state index contributed by atoms with van der Waals surface area (Å²) in [7, 11) is 3.05. The third-order valence-electron chi connectivity index (χ3n) is 6.92. The van der Waals surface area contributed by atoms with E-state index in [1.165, 1.54) is 18.8 Å². The van der Waals surface area contributed by atoms with E-state index in [0.717, 1.165) is 5.69 Å². The highest BCUT2D eigenvalue weighted by atomic mass is 35.5. The van der Waals surface area contributed by atoms with Crippen LogP contribution in [0.15, 0.2) is 71.7 Å². The van der Waals surface area contributed by atoms with E-state index in [4.69, 9.17) is 25.8 Å². The number of fused-ring (bicyclic) bond motifs is 1. The lowest BCUT2D eigenvalue weighted by molar-refractivity contribution is 0.0748. The molecule has 0 saturated carbocycles. The third-order valence-corrected chi connectivity index (χ3v) is 7.15. The van der Waals surface area contributed by atoms with E-state index in [1.807, 2.05) is 36.1 Å². The number of piperazine rings is 1. The van der Waals surface area contributed by atoms with Gasteiger partial charge in [-0.2, -0.15) is 0 Å². The molecule has 0 bridgehead atoms. The SMILES string of the molecule is CCOc1ccc(-n2cc(C(=O)N3CCN(c4cccc(Cl)c4)CC3)c3cc(OC)c(OC)cc3c2=O)cc1. The van der Waals surface area contributed by atoms with E-state index >= 15 is 0 Å². The summed E-state index contributed by atoms with van der Waals surface area (Å²) in [5.74, 6) is 1.41. The van der Waals surface area contributed by atoms with Crippen LogP contribution in [0.25, 0.3) is 16.5 Å². The first kappa shape index (κ1) is 26.4. The molecule has 8 nitrogen and oxygen atoms in total. The number of rotatable bonds is 7. The predicted molar refractivity (Wildman–Crippen MR) is 153 cm³/mol. The van der Waals surface area contributed by atoms with Gasteiger partial charge in [-0.3, -0.25) is 14.2 Å². The Hall–Kier alpha value is -4.17. The molecule has 0 spiro atoms. The number of hydrogen-bond donors (Lipinski definition) is 0. The third kappa shape index (κ3) is 5.25. The molecule has 0 N–H and O–H groups in total. The van der Waals surface area contributed by atoms with Crippen LogP contribution in [0.4, 0.5) is 5.69 Å². The van der Waals surface area contributed by atoms with Gasteiger partial charge in [-0.15, -0.1) is 0 Å². The van der Waals surface area contributed by atoms with Crippen molar-refractivity contribution in [3.8, 4) is 22.9 Å². The lowest BCUT2D eigenvalue weighted by Crippen LogP contribution is -2.49.